The number of hydrogen-bond acceptors (Lipinski definition) is 3. The van der Waals surface area contributed by atoms with E-state index in [1.807, 2.05) is 6.92 Å². The molecule has 0 aliphatic heterocycles. The summed E-state index contributed by atoms with van der Waals surface area (Å²) in [5.41, 5.74) is -1.31. The Hall–Kier alpha value is -2.26. The van der Waals surface area contributed by atoms with Crippen LogP contribution in [0.4, 0.5) is 18.9 Å². The summed E-state index contributed by atoms with van der Waals surface area (Å²) in [5, 5.41) is 2.63. The molecule has 1 aliphatic carbocycles. The predicted molar refractivity (Wildman–Crippen MR) is 103 cm³/mol. The lowest BCUT2D eigenvalue weighted by Crippen LogP contribution is -2.34. The summed E-state index contributed by atoms with van der Waals surface area (Å²) in [5.74, 6) is 0.00846. The van der Waals surface area contributed by atoms with Crippen LogP contribution in [0.5, 0.6) is 0 Å². The Morgan fingerprint density at radius 3 is 2.48 bits per heavy atom. The normalized spacial score (nSPS) is 15.6. The van der Waals surface area contributed by atoms with E-state index in [9.17, 15) is 26.4 Å². The molecular formula is C19H18ClF3N2O3S. The van der Waals surface area contributed by atoms with E-state index in [-0.39, 0.29) is 21.5 Å². The van der Waals surface area contributed by atoms with Gasteiger partial charge in [-0.2, -0.15) is 13.2 Å². The molecule has 0 aromatic heterocycles. The van der Waals surface area contributed by atoms with Gasteiger partial charge in [-0.25, -0.2) is 8.42 Å². The number of hydrogen-bond donors (Lipinski definition) is 2. The van der Waals surface area contributed by atoms with Gasteiger partial charge in [0, 0.05) is 11.6 Å². The summed E-state index contributed by atoms with van der Waals surface area (Å²) in [4.78, 5) is 12.1. The number of halogens is 4. The van der Waals surface area contributed by atoms with Crippen LogP contribution in [0.1, 0.15) is 35.7 Å². The highest BCUT2D eigenvalue weighted by Gasteiger charge is 2.32. The van der Waals surface area contributed by atoms with Crippen molar-refractivity contribution in [1.82, 2.24) is 5.32 Å². The Balaban J connectivity index is 1.84. The van der Waals surface area contributed by atoms with Crippen molar-refractivity contribution in [2.75, 3.05) is 4.72 Å². The predicted octanol–water partition coefficient (Wildman–Crippen LogP) is 4.69. The second-order valence-corrected chi connectivity index (χ2v) is 9.01. The Kier molecular flexibility index (Phi) is 5.82. The maximum atomic E-state index is 12.9. The average molecular weight is 447 g/mol. The highest BCUT2D eigenvalue weighted by molar-refractivity contribution is 7.92. The van der Waals surface area contributed by atoms with Crippen LogP contribution in [0, 0.1) is 5.92 Å². The lowest BCUT2D eigenvalue weighted by Gasteiger charge is -2.15. The molecule has 0 spiro atoms. The van der Waals surface area contributed by atoms with Gasteiger partial charge in [-0.05, 0) is 62.1 Å². The Bertz CT molecular complexity index is 1040. The minimum Gasteiger partial charge on any atom is -0.349 e. The first-order chi connectivity index (χ1) is 13.5. The van der Waals surface area contributed by atoms with Gasteiger partial charge >= 0.3 is 6.18 Å². The first-order valence-corrected chi connectivity index (χ1v) is 10.6. The van der Waals surface area contributed by atoms with Gasteiger partial charge in [0.15, 0.2) is 0 Å². The van der Waals surface area contributed by atoms with E-state index >= 15 is 0 Å². The Morgan fingerprint density at radius 1 is 1.17 bits per heavy atom. The van der Waals surface area contributed by atoms with Crippen molar-refractivity contribution in [3.8, 4) is 0 Å². The van der Waals surface area contributed by atoms with Crippen molar-refractivity contribution in [1.29, 1.82) is 0 Å². The van der Waals surface area contributed by atoms with Crippen molar-refractivity contribution in [2.45, 2.75) is 36.9 Å². The van der Waals surface area contributed by atoms with Crippen LogP contribution in [-0.4, -0.2) is 20.4 Å². The SMILES string of the molecule is C[C@@H](NC(=O)c1cccc(S(=O)(=O)Nc2cc(C(F)(F)F)ccc2Cl)c1)C1CC1. The molecule has 2 aromatic rings. The topological polar surface area (TPSA) is 75.3 Å². The van der Waals surface area contributed by atoms with E-state index in [2.05, 4.69) is 10.0 Å². The van der Waals surface area contributed by atoms with Gasteiger partial charge in [0.1, 0.15) is 0 Å². The summed E-state index contributed by atoms with van der Waals surface area (Å²) in [7, 11) is -4.27. The van der Waals surface area contributed by atoms with Crippen molar-refractivity contribution in [3.05, 3.63) is 58.6 Å². The maximum Gasteiger partial charge on any atom is 0.416 e. The van der Waals surface area contributed by atoms with Crippen LogP contribution in [0.2, 0.25) is 5.02 Å². The fourth-order valence-electron chi connectivity index (χ4n) is 2.79. The van der Waals surface area contributed by atoms with Crippen molar-refractivity contribution < 1.29 is 26.4 Å². The summed E-state index contributed by atoms with van der Waals surface area (Å²) in [6.45, 7) is 1.88. The standard InChI is InChI=1S/C19H18ClF3N2O3S/c1-11(12-5-6-12)24-18(26)13-3-2-4-15(9-13)29(27,28)25-17-10-14(19(21,22)23)7-8-16(17)20/h2-4,7-12,25H,5-6H2,1H3,(H,24,26)/t11-/m1/s1. The number of rotatable bonds is 6. The van der Waals surface area contributed by atoms with E-state index in [4.69, 9.17) is 11.6 Å². The van der Waals surface area contributed by atoms with Gasteiger partial charge in [0.25, 0.3) is 15.9 Å². The van der Waals surface area contributed by atoms with Gasteiger partial charge in [-0.1, -0.05) is 17.7 Å². The van der Waals surface area contributed by atoms with Gasteiger partial charge in [0.05, 0.1) is 21.2 Å². The molecule has 0 saturated heterocycles. The van der Waals surface area contributed by atoms with Gasteiger partial charge in [0.2, 0.25) is 0 Å². The molecule has 1 fully saturated rings. The highest BCUT2D eigenvalue weighted by atomic mass is 35.5. The van der Waals surface area contributed by atoms with Gasteiger partial charge < -0.3 is 5.32 Å². The fourth-order valence-corrected chi connectivity index (χ4v) is 4.13. The van der Waals surface area contributed by atoms with Crippen LogP contribution in [0.15, 0.2) is 47.4 Å². The van der Waals surface area contributed by atoms with Crippen molar-refractivity contribution in [2.24, 2.45) is 5.92 Å². The van der Waals surface area contributed by atoms with E-state index < -0.39 is 33.4 Å². The van der Waals surface area contributed by atoms with Crippen molar-refractivity contribution in [3.63, 3.8) is 0 Å². The molecule has 2 N–H and O–H groups in total. The molecule has 0 unspecified atom stereocenters. The monoisotopic (exact) mass is 446 g/mol. The molecule has 29 heavy (non-hydrogen) atoms. The molecule has 3 rings (SSSR count). The van der Waals surface area contributed by atoms with Crippen LogP contribution >= 0.6 is 11.6 Å². The lowest BCUT2D eigenvalue weighted by molar-refractivity contribution is -0.137. The first-order valence-electron chi connectivity index (χ1n) is 8.78. The summed E-state index contributed by atoms with van der Waals surface area (Å²) in [6, 6.07) is 7.57. The van der Waals surface area contributed by atoms with Crippen LogP contribution in [-0.2, 0) is 16.2 Å². The second kappa shape index (κ2) is 7.87. The molecule has 1 aliphatic rings. The van der Waals surface area contributed by atoms with Crippen LogP contribution < -0.4 is 10.0 Å². The quantitative estimate of drug-likeness (QED) is 0.676. The molecular weight excluding hydrogens is 429 g/mol. The Morgan fingerprint density at radius 2 is 1.86 bits per heavy atom. The molecule has 2 aromatic carbocycles. The number of alkyl halides is 3. The van der Waals surface area contributed by atoms with Gasteiger partial charge in [-0.15, -0.1) is 0 Å². The van der Waals surface area contributed by atoms with E-state index in [1.165, 1.54) is 24.3 Å². The zero-order valence-corrected chi connectivity index (χ0v) is 16.8. The number of sulfonamides is 1. The number of carbonyl (C=O) groups is 1. The lowest BCUT2D eigenvalue weighted by atomic mass is 10.1. The number of anilines is 1. The summed E-state index contributed by atoms with van der Waals surface area (Å²) in [6.07, 6.45) is -2.57. The third-order valence-electron chi connectivity index (χ3n) is 4.63. The molecule has 1 saturated carbocycles. The maximum absolute atomic E-state index is 12.9. The number of nitrogens with one attached hydrogen (secondary N) is 2. The number of amides is 1. The number of carbonyl (C=O) groups excluding carboxylic acids is 1. The highest BCUT2D eigenvalue weighted by Crippen LogP contribution is 2.35. The Labute approximate surface area is 171 Å². The van der Waals surface area contributed by atoms with Gasteiger partial charge in [-0.3, -0.25) is 9.52 Å². The summed E-state index contributed by atoms with van der Waals surface area (Å²) >= 11 is 5.86. The molecule has 5 nitrogen and oxygen atoms in total. The third kappa shape index (κ3) is 5.22. The van der Waals surface area contributed by atoms with E-state index in [0.29, 0.717) is 12.0 Å². The molecule has 156 valence electrons. The fraction of sp³-hybridized carbons (Fsp3) is 0.316. The minimum atomic E-state index is -4.65. The zero-order valence-electron chi connectivity index (χ0n) is 15.3. The minimum absolute atomic E-state index is 0.0233. The average Bonchev–Trinajstić information content (AvgIpc) is 3.48. The summed E-state index contributed by atoms with van der Waals surface area (Å²) < 4.78 is 66.0. The van der Waals surface area contributed by atoms with Crippen molar-refractivity contribution >= 4 is 33.2 Å². The molecule has 0 heterocycles. The van der Waals surface area contributed by atoms with Crippen LogP contribution in [0.25, 0.3) is 0 Å². The first kappa shape index (κ1) is 21.4. The third-order valence-corrected chi connectivity index (χ3v) is 6.33. The van der Waals surface area contributed by atoms with Crippen LogP contribution in [0.3, 0.4) is 0 Å². The van der Waals surface area contributed by atoms with E-state index in [1.54, 1.807) is 0 Å². The second-order valence-electron chi connectivity index (χ2n) is 6.93. The van der Waals surface area contributed by atoms with E-state index in [0.717, 1.165) is 25.0 Å². The molecule has 0 bridgehead atoms. The zero-order chi connectivity index (χ0) is 21.4. The number of benzene rings is 2. The molecule has 1 atom stereocenters. The largest absolute Gasteiger partial charge is 0.416 e. The smallest absolute Gasteiger partial charge is 0.349 e. The molecule has 1 amide bonds. The molecule has 0 radical (unpaired) electrons. The molecule has 10 heteroatoms.